The van der Waals surface area contributed by atoms with Gasteiger partial charge in [0.2, 0.25) is 17.7 Å². The lowest BCUT2D eigenvalue weighted by Crippen LogP contribution is -2.28. The highest BCUT2D eigenvalue weighted by molar-refractivity contribution is 6.03. The monoisotopic (exact) mass is 383 g/mol. The maximum absolute atomic E-state index is 13.9. The maximum atomic E-state index is 13.9. The summed E-state index contributed by atoms with van der Waals surface area (Å²) in [5.74, 6) is -1.61. The van der Waals surface area contributed by atoms with E-state index in [1.165, 1.54) is 21.9 Å². The number of anilines is 2. The topological polar surface area (TPSA) is 69.7 Å². The molecule has 1 unspecified atom stereocenters. The summed E-state index contributed by atoms with van der Waals surface area (Å²) in [5, 5.41) is 2.79. The van der Waals surface area contributed by atoms with Gasteiger partial charge in [-0.2, -0.15) is 0 Å². The van der Waals surface area contributed by atoms with Crippen molar-refractivity contribution in [3.8, 4) is 0 Å². The van der Waals surface area contributed by atoms with Crippen LogP contribution < -0.4 is 10.2 Å². The predicted octanol–water partition coefficient (Wildman–Crippen LogP) is 2.45. The first-order valence-electron chi connectivity index (χ1n) is 9.00. The first-order chi connectivity index (χ1) is 13.3. The molecule has 1 aliphatic rings. The van der Waals surface area contributed by atoms with Crippen LogP contribution in [0, 0.1) is 11.7 Å². The molecule has 3 amide bonds. The number of hydrogen-bond acceptors (Lipinski definition) is 3. The Morgan fingerprint density at radius 1 is 1.14 bits per heavy atom. The van der Waals surface area contributed by atoms with Crippen molar-refractivity contribution >= 4 is 29.1 Å². The Balaban J connectivity index is 1.62. The van der Waals surface area contributed by atoms with Gasteiger partial charge in [0.05, 0.1) is 18.0 Å². The molecule has 2 aromatic carbocycles. The van der Waals surface area contributed by atoms with E-state index in [0.29, 0.717) is 5.69 Å². The van der Waals surface area contributed by atoms with Crippen molar-refractivity contribution in [3.63, 3.8) is 0 Å². The smallest absolute Gasteiger partial charge is 0.229 e. The standard InChI is InChI=1S/C21H22FN3O3/c1-24(2)19(26)11-14-7-9-16(10-8-14)23-21(28)15-12-20(27)25(13-15)18-6-4-3-5-17(18)22/h3-10,15H,11-13H2,1-2H3,(H,23,28). The van der Waals surface area contributed by atoms with Crippen LogP contribution in [-0.2, 0) is 20.8 Å². The molecule has 1 heterocycles. The minimum Gasteiger partial charge on any atom is -0.349 e. The molecule has 3 rings (SSSR count). The van der Waals surface area contributed by atoms with Gasteiger partial charge in [-0.3, -0.25) is 14.4 Å². The molecule has 0 bridgehead atoms. The highest BCUT2D eigenvalue weighted by Gasteiger charge is 2.36. The Morgan fingerprint density at radius 3 is 2.46 bits per heavy atom. The minimum absolute atomic E-state index is 0.00510. The number of nitrogens with one attached hydrogen (secondary N) is 1. The SMILES string of the molecule is CN(C)C(=O)Cc1ccc(NC(=O)C2CC(=O)N(c3ccccc3F)C2)cc1. The third-order valence-corrected chi connectivity index (χ3v) is 4.71. The van der Waals surface area contributed by atoms with Crippen molar-refractivity contribution in [2.24, 2.45) is 5.92 Å². The van der Waals surface area contributed by atoms with Crippen LogP contribution in [0.1, 0.15) is 12.0 Å². The van der Waals surface area contributed by atoms with Crippen LogP contribution >= 0.6 is 0 Å². The molecular weight excluding hydrogens is 361 g/mol. The van der Waals surface area contributed by atoms with E-state index in [9.17, 15) is 18.8 Å². The van der Waals surface area contributed by atoms with Crippen LogP contribution in [0.3, 0.4) is 0 Å². The Bertz CT molecular complexity index is 896. The second kappa shape index (κ2) is 8.21. The molecule has 146 valence electrons. The van der Waals surface area contributed by atoms with Gasteiger partial charge in [-0.1, -0.05) is 24.3 Å². The molecule has 0 saturated carbocycles. The van der Waals surface area contributed by atoms with Crippen molar-refractivity contribution < 1.29 is 18.8 Å². The molecular formula is C21H22FN3O3. The van der Waals surface area contributed by atoms with Gasteiger partial charge in [-0.15, -0.1) is 0 Å². The highest BCUT2D eigenvalue weighted by Crippen LogP contribution is 2.28. The summed E-state index contributed by atoms with van der Waals surface area (Å²) in [7, 11) is 3.40. The zero-order chi connectivity index (χ0) is 20.3. The average molecular weight is 383 g/mol. The third-order valence-electron chi connectivity index (χ3n) is 4.71. The molecule has 7 heteroatoms. The molecule has 0 aromatic heterocycles. The minimum atomic E-state index is -0.554. The van der Waals surface area contributed by atoms with E-state index in [1.54, 1.807) is 50.5 Å². The predicted molar refractivity (Wildman–Crippen MR) is 104 cm³/mol. The fourth-order valence-electron chi connectivity index (χ4n) is 3.07. The van der Waals surface area contributed by atoms with E-state index in [4.69, 9.17) is 0 Å². The second-order valence-corrected chi connectivity index (χ2v) is 7.01. The summed E-state index contributed by atoms with van der Waals surface area (Å²) in [6.45, 7) is 0.140. The number of amides is 3. The van der Waals surface area contributed by atoms with E-state index in [0.717, 1.165) is 5.56 Å². The van der Waals surface area contributed by atoms with Gasteiger partial charge in [0.25, 0.3) is 0 Å². The lowest BCUT2D eigenvalue weighted by atomic mass is 10.1. The first kappa shape index (κ1) is 19.5. The molecule has 1 aliphatic heterocycles. The molecule has 1 atom stereocenters. The largest absolute Gasteiger partial charge is 0.349 e. The number of benzene rings is 2. The molecule has 1 N–H and O–H groups in total. The van der Waals surface area contributed by atoms with Crippen molar-refractivity contribution in [3.05, 3.63) is 59.9 Å². The number of likely N-dealkylation sites (N-methyl/N-ethyl adjacent to an activating group) is 1. The number of nitrogens with zero attached hydrogens (tertiary/aromatic N) is 2. The highest BCUT2D eigenvalue weighted by atomic mass is 19.1. The quantitative estimate of drug-likeness (QED) is 0.862. The zero-order valence-corrected chi connectivity index (χ0v) is 15.8. The molecule has 0 aliphatic carbocycles. The Hall–Kier alpha value is -3.22. The van der Waals surface area contributed by atoms with Gasteiger partial charge in [-0.25, -0.2) is 4.39 Å². The van der Waals surface area contributed by atoms with Crippen LogP contribution in [0.5, 0.6) is 0 Å². The van der Waals surface area contributed by atoms with Gasteiger partial charge in [-0.05, 0) is 29.8 Å². The van der Waals surface area contributed by atoms with E-state index in [-0.39, 0.29) is 42.8 Å². The first-order valence-corrected chi connectivity index (χ1v) is 9.00. The molecule has 2 aromatic rings. The van der Waals surface area contributed by atoms with Gasteiger partial charge in [0.15, 0.2) is 0 Å². The van der Waals surface area contributed by atoms with Crippen molar-refractivity contribution in [2.75, 3.05) is 30.9 Å². The molecule has 6 nitrogen and oxygen atoms in total. The summed E-state index contributed by atoms with van der Waals surface area (Å²) < 4.78 is 13.9. The number of hydrogen-bond donors (Lipinski definition) is 1. The van der Waals surface area contributed by atoms with Crippen molar-refractivity contribution in [1.82, 2.24) is 4.90 Å². The van der Waals surface area contributed by atoms with Crippen LogP contribution in [0.2, 0.25) is 0 Å². The summed E-state index contributed by atoms with van der Waals surface area (Å²) in [5.41, 5.74) is 1.62. The number of rotatable bonds is 5. The van der Waals surface area contributed by atoms with Crippen molar-refractivity contribution in [1.29, 1.82) is 0 Å². The molecule has 28 heavy (non-hydrogen) atoms. The van der Waals surface area contributed by atoms with Crippen LogP contribution in [0.15, 0.2) is 48.5 Å². The van der Waals surface area contributed by atoms with Gasteiger partial charge < -0.3 is 15.1 Å². The number of para-hydroxylation sites is 1. The fourth-order valence-corrected chi connectivity index (χ4v) is 3.07. The van der Waals surface area contributed by atoms with E-state index in [1.807, 2.05) is 0 Å². The van der Waals surface area contributed by atoms with Crippen molar-refractivity contribution in [2.45, 2.75) is 12.8 Å². The van der Waals surface area contributed by atoms with Crippen LogP contribution in [0.4, 0.5) is 15.8 Å². The maximum Gasteiger partial charge on any atom is 0.229 e. The van der Waals surface area contributed by atoms with E-state index >= 15 is 0 Å². The number of carbonyl (C=O) groups is 3. The fraction of sp³-hybridized carbons (Fsp3) is 0.286. The number of carbonyl (C=O) groups excluding carboxylic acids is 3. The second-order valence-electron chi connectivity index (χ2n) is 7.01. The molecule has 1 saturated heterocycles. The van der Waals surface area contributed by atoms with E-state index in [2.05, 4.69) is 5.32 Å². The normalized spacial score (nSPS) is 16.2. The molecule has 1 fully saturated rings. The molecule has 0 spiro atoms. The summed E-state index contributed by atoms with van der Waals surface area (Å²) >= 11 is 0. The summed E-state index contributed by atoms with van der Waals surface area (Å²) in [6, 6.07) is 13.0. The molecule has 0 radical (unpaired) electrons. The van der Waals surface area contributed by atoms with Gasteiger partial charge in [0.1, 0.15) is 5.82 Å². The Morgan fingerprint density at radius 2 is 1.82 bits per heavy atom. The third kappa shape index (κ3) is 4.36. The summed E-state index contributed by atoms with van der Waals surface area (Å²) in [6.07, 6.45) is 0.325. The van der Waals surface area contributed by atoms with Crippen LogP contribution in [-0.4, -0.2) is 43.3 Å². The Kier molecular flexibility index (Phi) is 5.73. The average Bonchev–Trinajstić information content (AvgIpc) is 3.05. The lowest BCUT2D eigenvalue weighted by molar-refractivity contribution is -0.128. The lowest BCUT2D eigenvalue weighted by Gasteiger charge is -2.17. The number of halogens is 1. The zero-order valence-electron chi connectivity index (χ0n) is 15.8. The van der Waals surface area contributed by atoms with Gasteiger partial charge >= 0.3 is 0 Å². The Labute approximate surface area is 162 Å². The summed E-state index contributed by atoms with van der Waals surface area (Å²) in [4.78, 5) is 39.4. The van der Waals surface area contributed by atoms with Gasteiger partial charge in [0, 0.05) is 32.7 Å². The van der Waals surface area contributed by atoms with Crippen LogP contribution in [0.25, 0.3) is 0 Å². The van der Waals surface area contributed by atoms with E-state index < -0.39 is 11.7 Å².